The number of ether oxygens (including phenoxy) is 1. The largest absolute Gasteiger partial charge is 0.465 e. The fourth-order valence-corrected chi connectivity index (χ4v) is 2.79. The zero-order valence-electron chi connectivity index (χ0n) is 15.3. The summed E-state index contributed by atoms with van der Waals surface area (Å²) in [6.45, 7) is 1.82. The summed E-state index contributed by atoms with van der Waals surface area (Å²) in [6, 6.07) is 8.56. The average Bonchev–Trinajstić information content (AvgIpc) is 3.03. The number of aryl methyl sites for hydroxylation is 1. The molecule has 0 aliphatic heterocycles. The second kappa shape index (κ2) is 7.45. The molecule has 0 atom stereocenters. The number of rotatable bonds is 5. The van der Waals surface area contributed by atoms with Crippen LogP contribution in [0, 0.1) is 6.92 Å². The molecule has 3 aromatic rings. The van der Waals surface area contributed by atoms with Gasteiger partial charge in [0.25, 0.3) is 0 Å². The number of amides is 1. The molecular weight excluding hydrogens is 350 g/mol. The minimum atomic E-state index is -0.486. The van der Waals surface area contributed by atoms with Gasteiger partial charge in [0, 0.05) is 12.4 Å². The smallest absolute Gasteiger partial charge is 0.341 e. The molecule has 140 valence electrons. The maximum Gasteiger partial charge on any atom is 0.341 e. The van der Waals surface area contributed by atoms with Crippen molar-refractivity contribution in [2.24, 2.45) is 0 Å². The van der Waals surface area contributed by atoms with Crippen LogP contribution < -0.4 is 5.43 Å². The first-order valence-electron chi connectivity index (χ1n) is 8.27. The molecule has 0 N–H and O–H groups in total. The Bertz CT molecular complexity index is 1070. The minimum Gasteiger partial charge on any atom is -0.465 e. The molecule has 2 aromatic heterocycles. The molecule has 8 heteroatoms. The predicted octanol–water partition coefficient (Wildman–Crippen LogP) is 1.74. The van der Waals surface area contributed by atoms with Crippen molar-refractivity contribution in [3.05, 3.63) is 63.8 Å². The molecule has 3 rings (SSSR count). The summed E-state index contributed by atoms with van der Waals surface area (Å²) >= 11 is 0. The van der Waals surface area contributed by atoms with Crippen LogP contribution in [0.1, 0.15) is 21.9 Å². The summed E-state index contributed by atoms with van der Waals surface area (Å²) in [5.41, 5.74) is 0.735. The van der Waals surface area contributed by atoms with E-state index < -0.39 is 5.97 Å². The van der Waals surface area contributed by atoms with Crippen molar-refractivity contribution >= 4 is 22.8 Å². The topological polar surface area (TPSA) is 94.6 Å². The van der Waals surface area contributed by atoms with Crippen molar-refractivity contribution in [1.29, 1.82) is 0 Å². The Morgan fingerprint density at radius 2 is 2.04 bits per heavy atom. The molecule has 2 heterocycles. The highest BCUT2D eigenvalue weighted by molar-refractivity contribution is 5.90. The highest BCUT2D eigenvalue weighted by atomic mass is 16.5. The van der Waals surface area contributed by atoms with Gasteiger partial charge < -0.3 is 14.1 Å². The maximum absolute atomic E-state index is 12.6. The third kappa shape index (κ3) is 3.74. The quantitative estimate of drug-likeness (QED) is 0.636. The Balaban J connectivity index is 1.76. The Kier molecular flexibility index (Phi) is 5.07. The number of likely N-dealkylation sites (N-methyl/N-ethyl adjacent to an activating group) is 1. The second-order valence-electron chi connectivity index (χ2n) is 6.11. The summed E-state index contributed by atoms with van der Waals surface area (Å²) < 4.78 is 11.7. The predicted molar refractivity (Wildman–Crippen MR) is 97.3 cm³/mol. The van der Waals surface area contributed by atoms with E-state index in [0.29, 0.717) is 28.0 Å². The number of methoxy groups -OCH3 is 1. The first-order chi connectivity index (χ1) is 12.9. The van der Waals surface area contributed by atoms with Gasteiger partial charge in [-0.1, -0.05) is 12.1 Å². The van der Waals surface area contributed by atoms with E-state index in [1.54, 1.807) is 44.3 Å². The lowest BCUT2D eigenvalue weighted by atomic mass is 10.2. The summed E-state index contributed by atoms with van der Waals surface area (Å²) in [7, 11) is 2.93. The number of hydrogen-bond acceptors (Lipinski definition) is 6. The molecule has 0 unspecified atom stereocenters. The highest BCUT2D eigenvalue weighted by Gasteiger charge is 2.18. The van der Waals surface area contributed by atoms with Crippen molar-refractivity contribution in [1.82, 2.24) is 14.7 Å². The summed E-state index contributed by atoms with van der Waals surface area (Å²) in [5, 5.41) is 4.57. The van der Waals surface area contributed by atoms with Gasteiger partial charge in [0.15, 0.2) is 0 Å². The number of esters is 1. The third-order valence-electron chi connectivity index (χ3n) is 4.24. The Labute approximate surface area is 154 Å². The van der Waals surface area contributed by atoms with Crippen LogP contribution in [-0.2, 0) is 22.6 Å². The highest BCUT2D eigenvalue weighted by Crippen LogP contribution is 2.17. The number of para-hydroxylation sites is 1. The second-order valence-corrected chi connectivity index (χ2v) is 6.11. The molecule has 0 radical (unpaired) electrons. The SMILES string of the molecule is COC(=O)c1cc(CN(C)C(=O)Cn2ncc(=O)c3ccccc32)oc1C. The number of carbonyl (C=O) groups excluding carboxylic acids is 2. The molecule has 0 aliphatic carbocycles. The van der Waals surface area contributed by atoms with Gasteiger partial charge in [-0.2, -0.15) is 5.10 Å². The van der Waals surface area contributed by atoms with Gasteiger partial charge in [0.05, 0.1) is 25.4 Å². The Hall–Kier alpha value is -3.42. The van der Waals surface area contributed by atoms with Crippen molar-refractivity contribution in [3.8, 4) is 0 Å². The van der Waals surface area contributed by atoms with E-state index in [2.05, 4.69) is 5.10 Å². The maximum atomic E-state index is 12.6. The Morgan fingerprint density at radius 3 is 2.78 bits per heavy atom. The van der Waals surface area contributed by atoms with Crippen LogP contribution in [-0.4, -0.2) is 40.7 Å². The molecule has 0 spiro atoms. The van der Waals surface area contributed by atoms with Crippen molar-refractivity contribution in [3.63, 3.8) is 0 Å². The van der Waals surface area contributed by atoms with E-state index in [9.17, 15) is 14.4 Å². The fourth-order valence-electron chi connectivity index (χ4n) is 2.79. The number of carbonyl (C=O) groups is 2. The number of fused-ring (bicyclic) bond motifs is 1. The lowest BCUT2D eigenvalue weighted by Crippen LogP contribution is -2.31. The molecule has 1 aromatic carbocycles. The van der Waals surface area contributed by atoms with E-state index in [1.807, 2.05) is 0 Å². The van der Waals surface area contributed by atoms with Gasteiger partial charge in [-0.05, 0) is 25.1 Å². The standard InChI is InChI=1S/C19H19N3O5/c1-12-15(19(25)26-3)8-13(27-12)10-21(2)18(24)11-22-16-7-5-4-6-14(16)17(23)9-20-22/h4-9H,10-11H2,1-3H3. The molecule has 0 bridgehead atoms. The van der Waals surface area contributed by atoms with Crippen LogP contribution in [0.25, 0.3) is 10.9 Å². The van der Waals surface area contributed by atoms with Gasteiger partial charge in [0.1, 0.15) is 23.6 Å². The van der Waals surface area contributed by atoms with Crippen LogP contribution in [0.15, 0.2) is 45.7 Å². The van der Waals surface area contributed by atoms with Crippen LogP contribution in [0.3, 0.4) is 0 Å². The number of benzene rings is 1. The van der Waals surface area contributed by atoms with Crippen molar-refractivity contribution < 1.29 is 18.7 Å². The van der Waals surface area contributed by atoms with Crippen LogP contribution in [0.5, 0.6) is 0 Å². The number of aromatic nitrogens is 2. The normalized spacial score (nSPS) is 10.8. The summed E-state index contributed by atoms with van der Waals surface area (Å²) in [5.74, 6) is 0.206. The zero-order valence-corrected chi connectivity index (χ0v) is 15.3. The van der Waals surface area contributed by atoms with Gasteiger partial charge >= 0.3 is 5.97 Å². The molecular formula is C19H19N3O5. The van der Waals surface area contributed by atoms with Crippen LogP contribution in [0.4, 0.5) is 0 Å². The summed E-state index contributed by atoms with van der Waals surface area (Å²) in [6.07, 6.45) is 1.20. The van der Waals surface area contributed by atoms with Gasteiger partial charge in [0.2, 0.25) is 11.3 Å². The van der Waals surface area contributed by atoms with Crippen LogP contribution in [0.2, 0.25) is 0 Å². The summed E-state index contributed by atoms with van der Waals surface area (Å²) in [4.78, 5) is 37.6. The van der Waals surface area contributed by atoms with E-state index in [4.69, 9.17) is 9.15 Å². The van der Waals surface area contributed by atoms with E-state index >= 15 is 0 Å². The molecule has 8 nitrogen and oxygen atoms in total. The van der Waals surface area contributed by atoms with E-state index in [0.717, 1.165) is 0 Å². The fraction of sp³-hybridized carbons (Fsp3) is 0.263. The first kappa shape index (κ1) is 18.4. The minimum absolute atomic E-state index is 0.0269. The molecule has 0 saturated carbocycles. The average molecular weight is 369 g/mol. The molecule has 1 amide bonds. The first-order valence-corrected chi connectivity index (χ1v) is 8.27. The molecule has 27 heavy (non-hydrogen) atoms. The van der Waals surface area contributed by atoms with Gasteiger partial charge in [-0.15, -0.1) is 0 Å². The Morgan fingerprint density at radius 1 is 1.30 bits per heavy atom. The van der Waals surface area contributed by atoms with Gasteiger partial charge in [-0.3, -0.25) is 14.3 Å². The zero-order chi connectivity index (χ0) is 19.6. The van der Waals surface area contributed by atoms with Crippen LogP contribution >= 0.6 is 0 Å². The number of nitrogens with zero attached hydrogens (tertiary/aromatic N) is 3. The lowest BCUT2D eigenvalue weighted by molar-refractivity contribution is -0.131. The molecule has 0 fully saturated rings. The third-order valence-corrected chi connectivity index (χ3v) is 4.24. The lowest BCUT2D eigenvalue weighted by Gasteiger charge is -2.17. The van der Waals surface area contributed by atoms with Crippen molar-refractivity contribution in [2.75, 3.05) is 14.2 Å². The monoisotopic (exact) mass is 369 g/mol. The van der Waals surface area contributed by atoms with Crippen molar-refractivity contribution in [2.45, 2.75) is 20.0 Å². The van der Waals surface area contributed by atoms with Gasteiger partial charge in [-0.25, -0.2) is 4.79 Å². The van der Waals surface area contributed by atoms with E-state index in [1.165, 1.54) is 22.9 Å². The molecule has 0 saturated heterocycles. The number of furan rings is 1. The van der Waals surface area contributed by atoms with E-state index in [-0.39, 0.29) is 24.4 Å². The number of hydrogen-bond donors (Lipinski definition) is 0. The molecule has 0 aliphatic rings.